The summed E-state index contributed by atoms with van der Waals surface area (Å²) in [6, 6.07) is 7.51. The molecule has 1 aliphatic rings. The molecule has 6 atom stereocenters. The number of nitrogens with zero attached hydrogens (tertiary/aromatic N) is 1. The molecule has 0 unspecified atom stereocenters. The molecule has 0 bridgehead atoms. The van der Waals surface area contributed by atoms with Gasteiger partial charge in [0.15, 0.2) is 18.4 Å². The molecule has 1 aromatic carbocycles. The maximum absolute atomic E-state index is 12.7. The van der Waals surface area contributed by atoms with Crippen LogP contribution in [0, 0.1) is 6.92 Å². The van der Waals surface area contributed by atoms with Crippen molar-refractivity contribution >= 4 is 18.0 Å². The summed E-state index contributed by atoms with van der Waals surface area (Å²) in [5.74, 6) is -1.57. The number of aliphatic hydroxyl groups is 1. The van der Waals surface area contributed by atoms with Gasteiger partial charge in [-0.1, -0.05) is 36.4 Å². The van der Waals surface area contributed by atoms with E-state index < -0.39 is 66.0 Å². The molecule has 0 radical (unpaired) electrons. The number of aryl methyl sites for hydroxylation is 1. The number of carbonyl (C=O) groups is 3. The molecule has 3 N–H and O–H groups in total. The van der Waals surface area contributed by atoms with Crippen LogP contribution in [0.4, 0.5) is 4.79 Å². The van der Waals surface area contributed by atoms with E-state index in [2.05, 4.69) is 16.9 Å². The number of aromatic amines is 1. The molecular formula is C25H29N3O10. The van der Waals surface area contributed by atoms with Crippen LogP contribution in [0.1, 0.15) is 31.2 Å². The maximum Gasteiger partial charge on any atom is 0.407 e. The summed E-state index contributed by atoms with van der Waals surface area (Å²) in [5, 5.41) is 13.2. The molecule has 0 aliphatic carbocycles. The van der Waals surface area contributed by atoms with Crippen LogP contribution in [-0.4, -0.2) is 63.1 Å². The number of hydrogen-bond donors (Lipinski definition) is 3. The SMILES string of the molecule is C=C[C@H](O)[C@@H](NC(=O)OCc1ccccc1)[C@H]1O[C@@H](n2cc(C)c(=O)[nH]c2=O)[C@H](OC(C)=O)[C@@H]1OC(C)=O. The lowest BCUT2D eigenvalue weighted by atomic mass is 9.98. The standard InChI is InChI=1S/C25H29N3O10/c1-5-17(31)18(26-25(34)35-12-16-9-7-6-8-10-16)19-20(36-14(3)29)21(37-15(4)30)23(38-19)28-11-13(2)22(32)27-24(28)33/h5-11,17-21,23,31H,1,12H2,2-4H3,(H,26,34)(H,27,32,33)/t17-,18+,19+,20+,21+,23+/m0/s1. The maximum atomic E-state index is 12.7. The van der Waals surface area contributed by atoms with Gasteiger partial charge in [0.2, 0.25) is 0 Å². The number of benzene rings is 1. The van der Waals surface area contributed by atoms with Gasteiger partial charge in [-0.3, -0.25) is 23.9 Å². The monoisotopic (exact) mass is 531 g/mol. The quantitative estimate of drug-likeness (QED) is 0.234. The Bertz CT molecular complexity index is 1290. The first-order valence-electron chi connectivity index (χ1n) is 11.6. The Morgan fingerprint density at radius 3 is 2.39 bits per heavy atom. The number of nitrogens with one attached hydrogen (secondary N) is 2. The van der Waals surface area contributed by atoms with Crippen LogP contribution in [0.15, 0.2) is 58.8 Å². The van der Waals surface area contributed by atoms with Crippen molar-refractivity contribution in [3.05, 3.63) is 81.1 Å². The fourth-order valence-corrected chi connectivity index (χ4v) is 4.01. The molecule has 2 aromatic rings. The Labute approximate surface area is 217 Å². The van der Waals surface area contributed by atoms with Crippen molar-refractivity contribution in [3.8, 4) is 0 Å². The minimum atomic E-state index is -1.45. The van der Waals surface area contributed by atoms with Crippen LogP contribution in [0.25, 0.3) is 0 Å². The summed E-state index contributed by atoms with van der Waals surface area (Å²) < 4.78 is 23.0. The number of amides is 1. The Kier molecular flexibility index (Phi) is 9.20. The van der Waals surface area contributed by atoms with Crippen molar-refractivity contribution in [2.75, 3.05) is 0 Å². The van der Waals surface area contributed by atoms with Gasteiger partial charge in [-0.05, 0) is 12.5 Å². The molecule has 204 valence electrons. The van der Waals surface area contributed by atoms with Gasteiger partial charge in [0.05, 0.1) is 12.1 Å². The molecule has 13 nitrogen and oxygen atoms in total. The van der Waals surface area contributed by atoms with Gasteiger partial charge in [0.25, 0.3) is 5.56 Å². The molecule has 3 rings (SSSR count). The topological polar surface area (TPSA) is 175 Å². The van der Waals surface area contributed by atoms with E-state index in [1.54, 1.807) is 30.3 Å². The van der Waals surface area contributed by atoms with Crippen molar-refractivity contribution in [1.29, 1.82) is 0 Å². The molecule has 1 fully saturated rings. The fourth-order valence-electron chi connectivity index (χ4n) is 4.01. The zero-order valence-electron chi connectivity index (χ0n) is 21.0. The molecule has 1 aromatic heterocycles. The number of esters is 2. The van der Waals surface area contributed by atoms with Crippen molar-refractivity contribution in [3.63, 3.8) is 0 Å². The van der Waals surface area contributed by atoms with Crippen LogP contribution in [0.3, 0.4) is 0 Å². The summed E-state index contributed by atoms with van der Waals surface area (Å²) in [5.41, 5.74) is -0.668. The molecule has 1 saturated heterocycles. The highest BCUT2D eigenvalue weighted by atomic mass is 16.6. The third-order valence-electron chi connectivity index (χ3n) is 5.71. The number of carbonyl (C=O) groups excluding carboxylic acids is 3. The molecule has 1 amide bonds. The van der Waals surface area contributed by atoms with Crippen LogP contribution in [0.2, 0.25) is 0 Å². The van der Waals surface area contributed by atoms with Crippen LogP contribution >= 0.6 is 0 Å². The van der Waals surface area contributed by atoms with Crippen molar-refractivity contribution in [2.45, 2.75) is 64.1 Å². The van der Waals surface area contributed by atoms with Crippen LogP contribution in [0.5, 0.6) is 0 Å². The fraction of sp³-hybridized carbons (Fsp3) is 0.400. The van der Waals surface area contributed by atoms with Gasteiger partial charge < -0.3 is 29.4 Å². The first-order chi connectivity index (χ1) is 18.0. The number of alkyl carbamates (subject to hydrolysis) is 1. The predicted molar refractivity (Wildman–Crippen MR) is 131 cm³/mol. The third kappa shape index (κ3) is 6.75. The highest BCUT2D eigenvalue weighted by molar-refractivity contribution is 5.69. The van der Waals surface area contributed by atoms with Crippen molar-refractivity contribution in [1.82, 2.24) is 14.9 Å². The lowest BCUT2D eigenvalue weighted by Gasteiger charge is -2.30. The van der Waals surface area contributed by atoms with E-state index in [0.29, 0.717) is 5.56 Å². The normalized spacial score (nSPS) is 22.1. The summed E-state index contributed by atoms with van der Waals surface area (Å²) in [7, 11) is 0. The summed E-state index contributed by atoms with van der Waals surface area (Å²) in [6.07, 6.45) is -5.64. The Morgan fingerprint density at radius 1 is 1.16 bits per heavy atom. The van der Waals surface area contributed by atoms with E-state index in [1.807, 2.05) is 0 Å². The second kappa shape index (κ2) is 12.3. The van der Waals surface area contributed by atoms with Crippen molar-refractivity contribution in [2.24, 2.45) is 0 Å². The molecule has 1 aliphatic heterocycles. The van der Waals surface area contributed by atoms with E-state index in [-0.39, 0.29) is 12.2 Å². The minimum Gasteiger partial charge on any atom is -0.456 e. The molecule has 38 heavy (non-hydrogen) atoms. The minimum absolute atomic E-state index is 0.0762. The number of rotatable bonds is 9. The smallest absolute Gasteiger partial charge is 0.407 e. The average molecular weight is 532 g/mol. The molecule has 13 heteroatoms. The third-order valence-corrected chi connectivity index (χ3v) is 5.71. The number of ether oxygens (including phenoxy) is 4. The average Bonchev–Trinajstić information content (AvgIpc) is 3.19. The highest BCUT2D eigenvalue weighted by Crippen LogP contribution is 2.36. The number of hydrogen-bond acceptors (Lipinski definition) is 10. The molecular weight excluding hydrogens is 502 g/mol. The second-order valence-corrected chi connectivity index (χ2v) is 8.58. The summed E-state index contributed by atoms with van der Waals surface area (Å²) >= 11 is 0. The summed E-state index contributed by atoms with van der Waals surface area (Å²) in [4.78, 5) is 63.3. The van der Waals surface area contributed by atoms with Gasteiger partial charge in [-0.25, -0.2) is 9.59 Å². The molecule has 0 saturated carbocycles. The van der Waals surface area contributed by atoms with Gasteiger partial charge in [-0.2, -0.15) is 0 Å². The van der Waals surface area contributed by atoms with Crippen LogP contribution < -0.4 is 16.6 Å². The van der Waals surface area contributed by atoms with Crippen LogP contribution in [-0.2, 0) is 35.1 Å². The van der Waals surface area contributed by atoms with Gasteiger partial charge in [-0.15, -0.1) is 6.58 Å². The van der Waals surface area contributed by atoms with E-state index >= 15 is 0 Å². The van der Waals surface area contributed by atoms with E-state index in [4.69, 9.17) is 18.9 Å². The van der Waals surface area contributed by atoms with Crippen molar-refractivity contribution < 1.29 is 38.4 Å². The Hall–Kier alpha value is -4.23. The lowest BCUT2D eigenvalue weighted by molar-refractivity contribution is -0.166. The second-order valence-electron chi connectivity index (χ2n) is 8.58. The van der Waals surface area contributed by atoms with Gasteiger partial charge >= 0.3 is 23.7 Å². The van der Waals surface area contributed by atoms with E-state index in [0.717, 1.165) is 24.5 Å². The highest BCUT2D eigenvalue weighted by Gasteiger charge is 2.54. The zero-order valence-corrected chi connectivity index (χ0v) is 21.0. The number of H-pyrrole nitrogens is 1. The lowest BCUT2D eigenvalue weighted by Crippen LogP contribution is -2.55. The first kappa shape index (κ1) is 28.3. The number of aliphatic hydroxyl groups excluding tert-OH is 1. The Balaban J connectivity index is 1.98. The van der Waals surface area contributed by atoms with E-state index in [1.165, 1.54) is 13.1 Å². The first-order valence-corrected chi connectivity index (χ1v) is 11.6. The molecule has 0 spiro atoms. The summed E-state index contributed by atoms with van der Waals surface area (Å²) in [6.45, 7) is 7.11. The predicted octanol–water partition coefficient (Wildman–Crippen LogP) is 0.448. The Morgan fingerprint density at radius 2 is 1.79 bits per heavy atom. The zero-order chi connectivity index (χ0) is 28.0. The molecule has 2 heterocycles. The van der Waals surface area contributed by atoms with Gasteiger partial charge in [0, 0.05) is 25.6 Å². The number of aromatic nitrogens is 2. The van der Waals surface area contributed by atoms with E-state index in [9.17, 15) is 29.1 Å². The largest absolute Gasteiger partial charge is 0.456 e. The van der Waals surface area contributed by atoms with Gasteiger partial charge in [0.1, 0.15) is 12.7 Å².